The van der Waals surface area contributed by atoms with E-state index in [9.17, 15) is 34.8 Å². The summed E-state index contributed by atoms with van der Waals surface area (Å²) in [7, 11) is 1.93. The average molecular weight is 590 g/mol. The minimum atomic E-state index is -4.67. The molecule has 0 aliphatic heterocycles. The molecule has 14 nitrogen and oxygen atoms in total. The Morgan fingerprint density at radius 3 is 2.13 bits per heavy atom. The summed E-state index contributed by atoms with van der Waals surface area (Å²) in [4.78, 5) is 42.0. The molecule has 1 aromatic rings. The topological polar surface area (TPSA) is 239 Å². The molecule has 1 aromatic carbocycles. The summed E-state index contributed by atoms with van der Waals surface area (Å²) in [5, 5.41) is 44.3. The molecule has 0 bridgehead atoms. The van der Waals surface area contributed by atoms with E-state index in [1.165, 1.54) is 11.0 Å². The van der Waals surface area contributed by atoms with E-state index >= 15 is 0 Å². The highest BCUT2D eigenvalue weighted by Gasteiger charge is 2.64. The van der Waals surface area contributed by atoms with Gasteiger partial charge in [-0.1, -0.05) is 11.6 Å². The summed E-state index contributed by atoms with van der Waals surface area (Å²) >= 11 is 6.35. The normalized spacial score (nSPS) is 26.4. The van der Waals surface area contributed by atoms with E-state index in [-0.39, 0.29) is 34.8 Å². The van der Waals surface area contributed by atoms with Crippen molar-refractivity contribution in [1.29, 1.82) is 0 Å². The number of nitrogens with zero attached hydrogens (tertiary/aromatic N) is 2. The minimum Gasteiger partial charge on any atom is -0.508 e. The summed E-state index contributed by atoms with van der Waals surface area (Å²) < 4.78 is 31.6. The number of aromatic hydroxyl groups is 1. The van der Waals surface area contributed by atoms with Gasteiger partial charge < -0.3 is 31.1 Å². The summed E-state index contributed by atoms with van der Waals surface area (Å²) in [6, 6.07) is 0.125. The second kappa shape index (κ2) is 10.1. The lowest BCUT2D eigenvalue weighted by molar-refractivity contribution is -0.153. The van der Waals surface area contributed by atoms with Crippen LogP contribution in [0.25, 0.3) is 5.76 Å². The fourth-order valence-electron chi connectivity index (χ4n) is 5.76. The molecule has 8 N–H and O–H groups in total. The van der Waals surface area contributed by atoms with Crippen molar-refractivity contribution in [2.75, 3.05) is 33.1 Å². The van der Waals surface area contributed by atoms with E-state index in [2.05, 4.69) is 0 Å². The van der Waals surface area contributed by atoms with E-state index in [0.717, 1.165) is 0 Å². The molecule has 1 amide bonds. The van der Waals surface area contributed by atoms with Crippen LogP contribution in [-0.2, 0) is 31.2 Å². The number of likely N-dealkylation sites (N-methyl/N-ethyl adjacent to an activating group) is 1. The number of aliphatic hydroxyl groups excluding tert-OH is 2. The SMILES string of the molecule is CN(C)c1c(Cl)cc(O)c2c1CC1CC3C(N(C)C)C(=O)C(C(N)=O)=C(O)C3(O)C(=O)C1=C2O.O=S(=O)(O)O. The Labute approximate surface area is 228 Å². The molecule has 16 heteroatoms. The van der Waals surface area contributed by atoms with Crippen molar-refractivity contribution in [3.05, 3.63) is 39.1 Å². The zero-order valence-electron chi connectivity index (χ0n) is 21.2. The van der Waals surface area contributed by atoms with Gasteiger partial charge in [0.25, 0.3) is 5.91 Å². The monoisotopic (exact) mass is 589 g/mol. The fourth-order valence-corrected chi connectivity index (χ4v) is 6.14. The van der Waals surface area contributed by atoms with Crippen LogP contribution < -0.4 is 10.6 Å². The molecule has 0 saturated heterocycles. The van der Waals surface area contributed by atoms with Crippen LogP contribution in [0.1, 0.15) is 17.5 Å². The highest BCUT2D eigenvalue weighted by atomic mass is 35.5. The van der Waals surface area contributed by atoms with Crippen LogP contribution in [0.3, 0.4) is 0 Å². The Morgan fingerprint density at radius 1 is 1.13 bits per heavy atom. The lowest BCUT2D eigenvalue weighted by Crippen LogP contribution is -2.65. The molecule has 0 radical (unpaired) electrons. The van der Waals surface area contributed by atoms with Crippen LogP contribution in [0.5, 0.6) is 5.75 Å². The molecule has 1 saturated carbocycles. The Bertz CT molecular complexity index is 1440. The summed E-state index contributed by atoms with van der Waals surface area (Å²) in [6.45, 7) is 0. The number of hydrogen-bond acceptors (Lipinski definition) is 11. The second-order valence-electron chi connectivity index (χ2n) is 9.88. The van der Waals surface area contributed by atoms with Crippen molar-refractivity contribution in [3.63, 3.8) is 0 Å². The molecule has 4 rings (SSSR count). The number of carbonyl (C=O) groups excluding carboxylic acids is 3. The Morgan fingerprint density at radius 2 is 1.67 bits per heavy atom. The van der Waals surface area contributed by atoms with Gasteiger partial charge in [-0.25, -0.2) is 0 Å². The molecule has 3 aliphatic carbocycles. The van der Waals surface area contributed by atoms with Crippen molar-refractivity contribution >= 4 is 50.9 Å². The van der Waals surface area contributed by atoms with Gasteiger partial charge >= 0.3 is 10.4 Å². The van der Waals surface area contributed by atoms with Crippen molar-refractivity contribution < 1.29 is 52.3 Å². The highest BCUT2D eigenvalue weighted by molar-refractivity contribution is 7.79. The van der Waals surface area contributed by atoms with Crippen LogP contribution in [0.2, 0.25) is 5.02 Å². The Hall–Kier alpha value is -3.21. The van der Waals surface area contributed by atoms with E-state index in [4.69, 9.17) is 34.9 Å². The Balaban J connectivity index is 0.000000771. The first kappa shape index (κ1) is 30.3. The van der Waals surface area contributed by atoms with Crippen LogP contribution in [0.4, 0.5) is 5.69 Å². The maximum atomic E-state index is 13.7. The summed E-state index contributed by atoms with van der Waals surface area (Å²) in [5.41, 5.74) is 2.68. The van der Waals surface area contributed by atoms with Crippen LogP contribution >= 0.6 is 11.6 Å². The van der Waals surface area contributed by atoms with E-state index in [0.29, 0.717) is 11.3 Å². The van der Waals surface area contributed by atoms with Gasteiger partial charge in [-0.15, -0.1) is 0 Å². The molecule has 0 spiro atoms. The van der Waals surface area contributed by atoms with Crippen molar-refractivity contribution in [1.82, 2.24) is 4.90 Å². The third-order valence-corrected chi connectivity index (χ3v) is 7.38. The summed E-state index contributed by atoms with van der Waals surface area (Å²) in [5.74, 6) is -6.90. The molecular formula is C23H28ClN3O11S. The quantitative estimate of drug-likeness (QED) is 0.182. The number of Topliss-reactive ketones (excluding diaryl/α,β-unsaturated/α-hetero) is 2. The number of hydrogen-bond donors (Lipinski definition) is 7. The van der Waals surface area contributed by atoms with Gasteiger partial charge in [-0.2, -0.15) is 8.42 Å². The number of benzene rings is 1. The third-order valence-electron chi connectivity index (χ3n) is 7.09. The van der Waals surface area contributed by atoms with Crippen molar-refractivity contribution in [3.8, 4) is 5.75 Å². The molecule has 0 aromatic heterocycles. The summed E-state index contributed by atoms with van der Waals surface area (Å²) in [6.07, 6.45) is 0.197. The number of nitrogens with two attached hydrogens (primary N) is 1. The maximum absolute atomic E-state index is 13.7. The van der Waals surface area contributed by atoms with Crippen LogP contribution in [0, 0.1) is 11.8 Å². The fraction of sp³-hybridized carbons (Fsp3) is 0.435. The standard InChI is InChI=1S/C23H26ClN3O7.H2O4S/c1-26(2)16-9-5-8-6-10-17(27(3)4)19(30)15(22(25)33)21(32)23(10,34)20(31)13(8)18(29)14(9)12(28)7-11(16)24;1-5(2,3)4/h7-8,10,17,28-29,32,34H,5-6H2,1-4H3,(H2,25,33);(H2,1,2,3,4). The van der Waals surface area contributed by atoms with E-state index < -0.39 is 68.4 Å². The number of carbonyl (C=O) groups is 3. The number of halogens is 1. The lowest BCUT2D eigenvalue weighted by Gasteiger charge is -2.50. The molecule has 214 valence electrons. The minimum absolute atomic E-state index is 0.00406. The number of phenolic OH excluding ortho intramolecular Hbond substituents is 1. The van der Waals surface area contributed by atoms with E-state index in [1.54, 1.807) is 33.1 Å². The van der Waals surface area contributed by atoms with Crippen molar-refractivity contribution in [2.45, 2.75) is 24.5 Å². The van der Waals surface area contributed by atoms with E-state index in [1.807, 2.05) is 0 Å². The third kappa shape index (κ3) is 4.97. The predicted molar refractivity (Wildman–Crippen MR) is 138 cm³/mol. The zero-order valence-corrected chi connectivity index (χ0v) is 22.8. The van der Waals surface area contributed by atoms with Gasteiger partial charge in [0.2, 0.25) is 5.78 Å². The maximum Gasteiger partial charge on any atom is 0.394 e. The number of phenols is 1. The molecule has 4 unspecified atom stereocenters. The van der Waals surface area contributed by atoms with Gasteiger partial charge in [-0.05, 0) is 38.4 Å². The van der Waals surface area contributed by atoms with Crippen molar-refractivity contribution in [2.24, 2.45) is 17.6 Å². The van der Waals surface area contributed by atoms with Gasteiger partial charge in [-0.3, -0.25) is 28.4 Å². The molecule has 39 heavy (non-hydrogen) atoms. The number of ketones is 2. The smallest absolute Gasteiger partial charge is 0.394 e. The average Bonchev–Trinajstić information content (AvgIpc) is 2.74. The molecular weight excluding hydrogens is 562 g/mol. The number of rotatable bonds is 3. The van der Waals surface area contributed by atoms with Gasteiger partial charge in [0.05, 0.1) is 22.3 Å². The van der Waals surface area contributed by atoms with Crippen LogP contribution in [0.15, 0.2) is 23.0 Å². The van der Waals surface area contributed by atoms with Gasteiger partial charge in [0.1, 0.15) is 22.8 Å². The molecule has 0 heterocycles. The number of amides is 1. The number of fused-ring (bicyclic) bond motifs is 3. The largest absolute Gasteiger partial charge is 0.508 e. The number of anilines is 1. The molecule has 1 fully saturated rings. The number of aliphatic hydroxyl groups is 3. The first-order valence-electron chi connectivity index (χ1n) is 11.3. The first-order chi connectivity index (χ1) is 17.7. The molecule has 4 atom stereocenters. The number of primary amides is 1. The van der Waals surface area contributed by atoms with Gasteiger partial charge in [0.15, 0.2) is 11.4 Å². The zero-order chi connectivity index (χ0) is 29.9. The molecule has 3 aliphatic rings. The highest BCUT2D eigenvalue weighted by Crippen LogP contribution is 2.54. The van der Waals surface area contributed by atoms with Crippen LogP contribution in [-0.4, -0.2) is 100 Å². The Kier molecular flexibility index (Phi) is 7.84. The first-order valence-corrected chi connectivity index (χ1v) is 13.1. The lowest BCUT2D eigenvalue weighted by atomic mass is 9.57. The predicted octanol–water partition coefficient (Wildman–Crippen LogP) is 0.0306. The van der Waals surface area contributed by atoms with Gasteiger partial charge in [0, 0.05) is 31.7 Å². The second-order valence-corrected chi connectivity index (χ2v) is 11.2.